The van der Waals surface area contributed by atoms with E-state index in [2.05, 4.69) is 32.9 Å². The maximum absolute atomic E-state index is 11.8. The van der Waals surface area contributed by atoms with E-state index in [4.69, 9.17) is 5.11 Å². The molecule has 0 aliphatic rings. The van der Waals surface area contributed by atoms with E-state index in [-0.39, 0.29) is 10.7 Å². The number of hydrogen-bond donors (Lipinski definition) is 2. The summed E-state index contributed by atoms with van der Waals surface area (Å²) in [6, 6.07) is 7.26. The van der Waals surface area contributed by atoms with Gasteiger partial charge in [-0.15, -0.1) is 11.3 Å². The third-order valence-electron chi connectivity index (χ3n) is 2.02. The van der Waals surface area contributed by atoms with Crippen LogP contribution in [0.25, 0.3) is 0 Å². The number of carbonyl (C=O) groups excluding carboxylic acids is 1. The van der Waals surface area contributed by atoms with Crippen LogP contribution in [0.4, 0.5) is 5.69 Å². The summed E-state index contributed by atoms with van der Waals surface area (Å²) >= 11 is 3.17. The van der Waals surface area contributed by atoms with Crippen molar-refractivity contribution in [2.75, 3.05) is 5.32 Å². The average molecular weight is 374 g/mol. The number of aromatic nitrogens is 1. The Balaban J connectivity index is 2.11. The van der Waals surface area contributed by atoms with Gasteiger partial charge in [0.15, 0.2) is 10.7 Å². The maximum Gasteiger partial charge on any atom is 0.355 e. The van der Waals surface area contributed by atoms with Gasteiger partial charge in [0.1, 0.15) is 0 Å². The first-order valence-corrected chi connectivity index (χ1v) is 6.78. The Morgan fingerprint density at radius 2 is 1.94 bits per heavy atom. The van der Waals surface area contributed by atoms with Crippen molar-refractivity contribution in [2.45, 2.75) is 0 Å². The molecule has 1 aromatic carbocycles. The van der Waals surface area contributed by atoms with E-state index >= 15 is 0 Å². The molecule has 92 valence electrons. The van der Waals surface area contributed by atoms with Crippen molar-refractivity contribution in [3.05, 3.63) is 43.9 Å². The molecule has 0 aliphatic heterocycles. The quantitative estimate of drug-likeness (QED) is 0.810. The molecule has 0 atom stereocenters. The van der Waals surface area contributed by atoms with Crippen LogP contribution in [0.5, 0.6) is 0 Å². The molecule has 0 spiro atoms. The van der Waals surface area contributed by atoms with Gasteiger partial charge < -0.3 is 10.4 Å². The van der Waals surface area contributed by atoms with Crippen molar-refractivity contribution in [1.82, 2.24) is 4.98 Å². The number of hydrogen-bond acceptors (Lipinski definition) is 4. The van der Waals surface area contributed by atoms with Crippen molar-refractivity contribution in [3.8, 4) is 0 Å². The van der Waals surface area contributed by atoms with Crippen LogP contribution >= 0.6 is 33.9 Å². The fourth-order valence-electron chi connectivity index (χ4n) is 1.19. The maximum atomic E-state index is 11.8. The number of thiazole rings is 1. The normalized spacial score (nSPS) is 10.1. The minimum Gasteiger partial charge on any atom is -0.476 e. The highest BCUT2D eigenvalue weighted by molar-refractivity contribution is 14.1. The van der Waals surface area contributed by atoms with Crippen LogP contribution in [0, 0.1) is 3.57 Å². The van der Waals surface area contributed by atoms with Gasteiger partial charge in [0.05, 0.1) is 0 Å². The molecule has 2 aromatic rings. The first kappa shape index (κ1) is 13.0. The Morgan fingerprint density at radius 3 is 2.50 bits per heavy atom. The van der Waals surface area contributed by atoms with Crippen molar-refractivity contribution in [3.63, 3.8) is 0 Å². The zero-order valence-electron chi connectivity index (χ0n) is 8.88. The lowest BCUT2D eigenvalue weighted by Crippen LogP contribution is -2.12. The second-order valence-electron chi connectivity index (χ2n) is 3.30. The number of carbonyl (C=O) groups is 2. The van der Waals surface area contributed by atoms with Crippen LogP contribution in [0.15, 0.2) is 29.6 Å². The Labute approximate surface area is 120 Å². The smallest absolute Gasteiger partial charge is 0.355 e. The van der Waals surface area contributed by atoms with E-state index in [1.54, 1.807) is 12.1 Å². The summed E-state index contributed by atoms with van der Waals surface area (Å²) in [5.41, 5.74) is 0.528. The molecule has 1 aromatic heterocycles. The summed E-state index contributed by atoms with van der Waals surface area (Å²) < 4.78 is 1.06. The van der Waals surface area contributed by atoms with Crippen molar-refractivity contribution in [1.29, 1.82) is 0 Å². The molecule has 18 heavy (non-hydrogen) atoms. The fourth-order valence-corrected chi connectivity index (χ4v) is 2.24. The van der Waals surface area contributed by atoms with E-state index in [1.807, 2.05) is 12.1 Å². The lowest BCUT2D eigenvalue weighted by atomic mass is 10.3. The highest BCUT2D eigenvalue weighted by Crippen LogP contribution is 2.15. The summed E-state index contributed by atoms with van der Waals surface area (Å²) in [4.78, 5) is 26.2. The standard InChI is InChI=1S/C11H7IN2O3S/c12-6-1-3-7(4-2-6)13-9(15)10-14-8(5-18-10)11(16)17/h1-5H,(H,13,15)(H,16,17). The molecule has 5 nitrogen and oxygen atoms in total. The zero-order valence-corrected chi connectivity index (χ0v) is 11.9. The van der Waals surface area contributed by atoms with E-state index in [1.165, 1.54) is 5.38 Å². The van der Waals surface area contributed by atoms with Gasteiger partial charge in [-0.2, -0.15) is 0 Å². The molecule has 2 N–H and O–H groups in total. The molecule has 0 aliphatic carbocycles. The molecule has 0 bridgehead atoms. The second-order valence-corrected chi connectivity index (χ2v) is 5.41. The van der Waals surface area contributed by atoms with Gasteiger partial charge in [0.25, 0.3) is 5.91 Å². The molecule has 0 saturated carbocycles. The average Bonchev–Trinajstić information content (AvgIpc) is 2.81. The molecular formula is C11H7IN2O3S. The minimum absolute atomic E-state index is 0.118. The van der Waals surface area contributed by atoms with Crippen LogP contribution < -0.4 is 5.32 Å². The molecule has 2 rings (SSSR count). The first-order valence-electron chi connectivity index (χ1n) is 4.82. The zero-order chi connectivity index (χ0) is 13.1. The second kappa shape index (κ2) is 5.44. The summed E-state index contributed by atoms with van der Waals surface area (Å²) in [6.45, 7) is 0. The number of anilines is 1. The van der Waals surface area contributed by atoms with Gasteiger partial charge in [0.2, 0.25) is 0 Å². The third-order valence-corrected chi connectivity index (χ3v) is 3.58. The summed E-state index contributed by atoms with van der Waals surface area (Å²) in [7, 11) is 0. The molecule has 1 amide bonds. The lowest BCUT2D eigenvalue weighted by molar-refractivity contribution is 0.0691. The van der Waals surface area contributed by atoms with Gasteiger partial charge in [0, 0.05) is 14.6 Å². The Morgan fingerprint density at radius 1 is 1.28 bits per heavy atom. The van der Waals surface area contributed by atoms with Crippen molar-refractivity contribution >= 4 is 51.5 Å². The number of benzene rings is 1. The van der Waals surface area contributed by atoms with Crippen LogP contribution in [-0.4, -0.2) is 22.0 Å². The predicted octanol–water partition coefficient (Wildman–Crippen LogP) is 2.70. The van der Waals surface area contributed by atoms with Gasteiger partial charge in [-0.1, -0.05) is 0 Å². The number of halogens is 1. The van der Waals surface area contributed by atoms with Crippen LogP contribution in [0.3, 0.4) is 0 Å². The van der Waals surface area contributed by atoms with E-state index in [0.29, 0.717) is 5.69 Å². The predicted molar refractivity (Wildman–Crippen MR) is 76.2 cm³/mol. The lowest BCUT2D eigenvalue weighted by Gasteiger charge is -2.02. The minimum atomic E-state index is -1.14. The van der Waals surface area contributed by atoms with Crippen LogP contribution in [-0.2, 0) is 0 Å². The van der Waals surface area contributed by atoms with E-state index < -0.39 is 11.9 Å². The van der Waals surface area contributed by atoms with E-state index in [9.17, 15) is 9.59 Å². The number of rotatable bonds is 3. The van der Waals surface area contributed by atoms with Crippen molar-refractivity contribution in [2.24, 2.45) is 0 Å². The van der Waals surface area contributed by atoms with E-state index in [0.717, 1.165) is 14.9 Å². The Kier molecular flexibility index (Phi) is 3.92. The third kappa shape index (κ3) is 3.05. The fraction of sp³-hybridized carbons (Fsp3) is 0. The summed E-state index contributed by atoms with van der Waals surface area (Å²) in [6.07, 6.45) is 0. The molecule has 0 radical (unpaired) electrons. The number of nitrogens with zero attached hydrogens (tertiary/aromatic N) is 1. The Hall–Kier alpha value is -1.48. The van der Waals surface area contributed by atoms with Gasteiger partial charge >= 0.3 is 5.97 Å². The molecule has 1 heterocycles. The van der Waals surface area contributed by atoms with Gasteiger partial charge in [-0.05, 0) is 46.9 Å². The highest BCUT2D eigenvalue weighted by atomic mass is 127. The monoisotopic (exact) mass is 374 g/mol. The highest BCUT2D eigenvalue weighted by Gasteiger charge is 2.14. The molecule has 0 fully saturated rings. The van der Waals surface area contributed by atoms with Crippen LogP contribution in [0.2, 0.25) is 0 Å². The van der Waals surface area contributed by atoms with Crippen molar-refractivity contribution < 1.29 is 14.7 Å². The summed E-state index contributed by atoms with van der Waals surface area (Å²) in [5.74, 6) is -1.55. The van der Waals surface area contributed by atoms with Crippen LogP contribution in [0.1, 0.15) is 20.3 Å². The first-order chi connectivity index (χ1) is 8.56. The van der Waals surface area contributed by atoms with Gasteiger partial charge in [-0.25, -0.2) is 9.78 Å². The largest absolute Gasteiger partial charge is 0.476 e. The topological polar surface area (TPSA) is 79.3 Å². The summed E-state index contributed by atoms with van der Waals surface area (Å²) in [5, 5.41) is 12.8. The number of carboxylic acids is 1. The molecule has 0 saturated heterocycles. The molecule has 7 heteroatoms. The number of amides is 1. The number of nitrogens with one attached hydrogen (secondary N) is 1. The molecular weight excluding hydrogens is 367 g/mol. The SMILES string of the molecule is O=C(O)c1csc(C(=O)Nc2ccc(I)cc2)n1. The Bertz CT molecular complexity index is 595. The molecule has 0 unspecified atom stereocenters. The number of carboxylic acid groups (broad SMARTS) is 1. The van der Waals surface area contributed by atoms with Gasteiger partial charge in [-0.3, -0.25) is 4.79 Å². The number of aromatic carboxylic acids is 1.